The highest BCUT2D eigenvalue weighted by Crippen LogP contribution is 2.24. The topological polar surface area (TPSA) is 29.1 Å². The lowest BCUT2D eigenvalue weighted by molar-refractivity contribution is 0.0990. The fourth-order valence-corrected chi connectivity index (χ4v) is 2.05. The van der Waals surface area contributed by atoms with Crippen LogP contribution in [0.1, 0.15) is 10.4 Å². The number of alkyl halides is 2. The number of likely N-dealkylation sites (N-methyl/N-ethyl adjacent to an activating group) is 1. The van der Waals surface area contributed by atoms with Crippen LogP contribution in [0.5, 0.6) is 0 Å². The zero-order valence-corrected chi connectivity index (χ0v) is 9.69. The second-order valence-electron chi connectivity index (χ2n) is 3.15. The molecular formula is C11H13F2NOS. The monoisotopic (exact) mass is 245 g/mol. The Morgan fingerprint density at radius 3 is 2.75 bits per heavy atom. The minimum atomic E-state index is -2.36. The summed E-state index contributed by atoms with van der Waals surface area (Å²) >= 11 is 1.01. The minimum Gasteiger partial charge on any atom is -0.313 e. The van der Waals surface area contributed by atoms with E-state index in [4.69, 9.17) is 0 Å². The molecule has 0 amide bonds. The molecule has 1 aromatic rings. The molecule has 0 atom stereocenters. The van der Waals surface area contributed by atoms with E-state index in [0.717, 1.165) is 11.8 Å². The van der Waals surface area contributed by atoms with Gasteiger partial charge in [-0.25, -0.2) is 8.78 Å². The summed E-state index contributed by atoms with van der Waals surface area (Å²) in [4.78, 5) is 12.3. The van der Waals surface area contributed by atoms with E-state index in [2.05, 4.69) is 5.32 Å². The Morgan fingerprint density at radius 2 is 2.12 bits per heavy atom. The molecule has 88 valence electrons. The van der Waals surface area contributed by atoms with Gasteiger partial charge in [-0.15, -0.1) is 11.8 Å². The number of hydrogen-bond donors (Lipinski definition) is 1. The van der Waals surface area contributed by atoms with Crippen LogP contribution in [0.15, 0.2) is 29.2 Å². The largest absolute Gasteiger partial charge is 0.313 e. The predicted molar refractivity (Wildman–Crippen MR) is 61.4 cm³/mol. The van der Waals surface area contributed by atoms with Crippen molar-refractivity contribution in [3.05, 3.63) is 29.8 Å². The van der Waals surface area contributed by atoms with Crippen molar-refractivity contribution in [1.82, 2.24) is 5.32 Å². The fraction of sp³-hybridized carbons (Fsp3) is 0.364. The van der Waals surface area contributed by atoms with E-state index in [9.17, 15) is 13.6 Å². The zero-order chi connectivity index (χ0) is 12.0. The molecule has 1 rings (SSSR count). The molecular weight excluding hydrogens is 232 g/mol. The molecule has 0 aliphatic heterocycles. The van der Waals surface area contributed by atoms with E-state index in [0.29, 0.717) is 10.5 Å². The van der Waals surface area contributed by atoms with Gasteiger partial charge in [-0.1, -0.05) is 18.2 Å². The van der Waals surface area contributed by atoms with Crippen LogP contribution in [0.3, 0.4) is 0 Å². The average Bonchev–Trinajstić information content (AvgIpc) is 2.27. The van der Waals surface area contributed by atoms with E-state index in [1.165, 1.54) is 0 Å². The fourth-order valence-electron chi connectivity index (χ4n) is 1.23. The number of benzene rings is 1. The molecule has 0 bridgehead atoms. The summed E-state index contributed by atoms with van der Waals surface area (Å²) in [6.07, 6.45) is -2.36. The van der Waals surface area contributed by atoms with Gasteiger partial charge in [-0.05, 0) is 13.1 Å². The SMILES string of the molecule is CNCC(=O)c1ccccc1SCC(F)F. The third-order valence-corrected chi connectivity index (χ3v) is 2.98. The second-order valence-corrected chi connectivity index (χ2v) is 4.21. The van der Waals surface area contributed by atoms with Crippen LogP contribution in [0.2, 0.25) is 0 Å². The van der Waals surface area contributed by atoms with Gasteiger partial charge in [0.15, 0.2) is 5.78 Å². The second kappa shape index (κ2) is 6.60. The van der Waals surface area contributed by atoms with Gasteiger partial charge in [-0.3, -0.25) is 4.79 Å². The summed E-state index contributed by atoms with van der Waals surface area (Å²) in [7, 11) is 1.67. The number of ketones is 1. The third-order valence-electron chi connectivity index (χ3n) is 1.89. The smallest absolute Gasteiger partial charge is 0.247 e. The number of nitrogens with one attached hydrogen (secondary N) is 1. The Labute approximate surface area is 97.4 Å². The van der Waals surface area contributed by atoms with Crippen molar-refractivity contribution in [2.75, 3.05) is 19.3 Å². The molecule has 1 N–H and O–H groups in total. The summed E-state index contributed by atoms with van der Waals surface area (Å²) in [5.74, 6) is -0.371. The van der Waals surface area contributed by atoms with Crippen LogP contribution in [-0.2, 0) is 0 Å². The zero-order valence-electron chi connectivity index (χ0n) is 8.87. The molecule has 0 aromatic heterocycles. The van der Waals surface area contributed by atoms with Gasteiger partial charge < -0.3 is 5.32 Å². The number of hydrogen-bond acceptors (Lipinski definition) is 3. The highest BCUT2D eigenvalue weighted by Gasteiger charge is 2.12. The standard InChI is InChI=1S/C11H13F2NOS/c1-14-6-9(15)8-4-2-3-5-10(8)16-7-11(12)13/h2-5,11,14H,6-7H2,1H3. The predicted octanol–water partition coefficient (Wildman–Crippen LogP) is 2.45. The Balaban J connectivity index is 2.78. The van der Waals surface area contributed by atoms with Crippen molar-refractivity contribution < 1.29 is 13.6 Å². The number of Topliss-reactive ketones (excluding diaryl/α,β-unsaturated/α-hetero) is 1. The summed E-state index contributed by atoms with van der Waals surface area (Å²) in [6, 6.07) is 6.82. The van der Waals surface area contributed by atoms with Crippen molar-refractivity contribution in [3.63, 3.8) is 0 Å². The Bertz CT molecular complexity index is 358. The van der Waals surface area contributed by atoms with Crippen LogP contribution in [0.4, 0.5) is 8.78 Å². The van der Waals surface area contributed by atoms with Crippen molar-refractivity contribution in [3.8, 4) is 0 Å². The van der Waals surface area contributed by atoms with Crippen molar-refractivity contribution >= 4 is 17.5 Å². The first kappa shape index (κ1) is 13.1. The molecule has 0 fully saturated rings. The lowest BCUT2D eigenvalue weighted by atomic mass is 10.1. The molecule has 0 aliphatic carbocycles. The molecule has 5 heteroatoms. The minimum absolute atomic E-state index is 0.0835. The lowest BCUT2D eigenvalue weighted by Crippen LogP contribution is -2.19. The van der Waals surface area contributed by atoms with E-state index < -0.39 is 6.43 Å². The summed E-state index contributed by atoms with van der Waals surface area (Å²) < 4.78 is 24.2. The molecule has 0 radical (unpaired) electrons. The van der Waals surface area contributed by atoms with Gasteiger partial charge in [0.2, 0.25) is 6.43 Å². The van der Waals surface area contributed by atoms with Crippen LogP contribution in [0.25, 0.3) is 0 Å². The summed E-state index contributed by atoms with van der Waals surface area (Å²) in [6.45, 7) is 0.215. The maximum atomic E-state index is 12.1. The molecule has 16 heavy (non-hydrogen) atoms. The summed E-state index contributed by atoms with van der Waals surface area (Å²) in [5, 5.41) is 2.75. The molecule has 2 nitrogen and oxygen atoms in total. The van der Waals surface area contributed by atoms with Crippen LogP contribution < -0.4 is 5.32 Å². The van der Waals surface area contributed by atoms with Gasteiger partial charge in [-0.2, -0.15) is 0 Å². The van der Waals surface area contributed by atoms with E-state index in [1.807, 2.05) is 0 Å². The van der Waals surface area contributed by atoms with Crippen LogP contribution in [-0.4, -0.2) is 31.6 Å². The highest BCUT2D eigenvalue weighted by molar-refractivity contribution is 7.99. The number of halogens is 2. The Kier molecular flexibility index (Phi) is 5.42. The molecule has 0 spiro atoms. The Hall–Kier alpha value is -0.940. The maximum absolute atomic E-state index is 12.1. The molecule has 0 aliphatic rings. The van der Waals surface area contributed by atoms with E-state index >= 15 is 0 Å². The molecule has 0 unspecified atom stereocenters. The van der Waals surface area contributed by atoms with Gasteiger partial charge in [0.05, 0.1) is 12.3 Å². The number of carbonyl (C=O) groups excluding carboxylic acids is 1. The molecule has 0 heterocycles. The molecule has 0 saturated carbocycles. The quantitative estimate of drug-likeness (QED) is 0.616. The van der Waals surface area contributed by atoms with Crippen molar-refractivity contribution in [1.29, 1.82) is 0 Å². The molecule has 0 saturated heterocycles. The van der Waals surface area contributed by atoms with Crippen molar-refractivity contribution in [2.45, 2.75) is 11.3 Å². The van der Waals surface area contributed by atoms with E-state index in [1.54, 1.807) is 31.3 Å². The first-order valence-corrected chi connectivity index (χ1v) is 5.81. The van der Waals surface area contributed by atoms with E-state index in [-0.39, 0.29) is 18.1 Å². The van der Waals surface area contributed by atoms with Gasteiger partial charge >= 0.3 is 0 Å². The van der Waals surface area contributed by atoms with Crippen LogP contribution in [0, 0.1) is 0 Å². The average molecular weight is 245 g/mol. The summed E-state index contributed by atoms with van der Waals surface area (Å²) in [5.41, 5.74) is 0.502. The van der Waals surface area contributed by atoms with Crippen molar-refractivity contribution in [2.24, 2.45) is 0 Å². The Morgan fingerprint density at radius 1 is 1.44 bits per heavy atom. The number of rotatable bonds is 6. The first-order valence-electron chi connectivity index (χ1n) is 4.83. The third kappa shape index (κ3) is 3.90. The molecule has 1 aromatic carbocycles. The van der Waals surface area contributed by atoms with Gasteiger partial charge in [0.1, 0.15) is 0 Å². The first-order chi connectivity index (χ1) is 7.65. The maximum Gasteiger partial charge on any atom is 0.247 e. The van der Waals surface area contributed by atoms with Crippen LogP contribution >= 0.6 is 11.8 Å². The number of thioether (sulfide) groups is 1. The van der Waals surface area contributed by atoms with Gasteiger partial charge in [0, 0.05) is 10.5 Å². The van der Waals surface area contributed by atoms with Gasteiger partial charge in [0.25, 0.3) is 0 Å². The normalized spacial score (nSPS) is 10.8. The highest BCUT2D eigenvalue weighted by atomic mass is 32.2. The number of carbonyl (C=O) groups is 1. The lowest BCUT2D eigenvalue weighted by Gasteiger charge is -2.07.